The van der Waals surface area contributed by atoms with Gasteiger partial charge in [-0.1, -0.05) is 47.5 Å². The second-order valence-electron chi connectivity index (χ2n) is 10.8. The van der Waals surface area contributed by atoms with E-state index in [0.717, 1.165) is 9.87 Å². The minimum atomic E-state index is -4.21. The Hall–Kier alpha value is -3.43. The van der Waals surface area contributed by atoms with E-state index in [9.17, 15) is 22.4 Å². The second-order valence-corrected chi connectivity index (χ2v) is 13.1. The van der Waals surface area contributed by atoms with Crippen LogP contribution in [-0.4, -0.2) is 43.3 Å². The normalized spacial score (nSPS) is 12.5. The number of halogens is 2. The predicted molar refractivity (Wildman–Crippen MR) is 156 cm³/mol. The first-order valence-corrected chi connectivity index (χ1v) is 14.6. The Labute approximate surface area is 241 Å². The average Bonchev–Trinajstić information content (AvgIpc) is 2.87. The summed E-state index contributed by atoms with van der Waals surface area (Å²) in [5.41, 5.74) is 1.74. The number of hydrogen-bond acceptors (Lipinski definition) is 4. The molecule has 0 radical (unpaired) electrons. The number of carbonyl (C=O) groups excluding carboxylic acids is 2. The molecule has 7 nitrogen and oxygen atoms in total. The SMILES string of the molecule is Cc1ccc(S(=O)(=O)N(CC(=O)N(Cc2ccc(F)cc2)[C@@H](C)C(=O)NC(C)(C)C)c2cc(Cl)ccc2C)cc1. The maximum atomic E-state index is 14.0. The molecule has 40 heavy (non-hydrogen) atoms. The van der Waals surface area contributed by atoms with Crippen molar-refractivity contribution in [2.75, 3.05) is 10.8 Å². The topological polar surface area (TPSA) is 86.8 Å². The largest absolute Gasteiger partial charge is 0.350 e. The third-order valence-corrected chi connectivity index (χ3v) is 8.27. The zero-order valence-electron chi connectivity index (χ0n) is 23.5. The van der Waals surface area contributed by atoms with Crippen molar-refractivity contribution in [3.8, 4) is 0 Å². The van der Waals surface area contributed by atoms with Gasteiger partial charge >= 0.3 is 0 Å². The van der Waals surface area contributed by atoms with Crippen molar-refractivity contribution in [2.24, 2.45) is 0 Å². The zero-order chi connectivity index (χ0) is 29.8. The lowest BCUT2D eigenvalue weighted by molar-refractivity contribution is -0.140. The summed E-state index contributed by atoms with van der Waals surface area (Å²) in [6.07, 6.45) is 0. The second kappa shape index (κ2) is 12.4. The van der Waals surface area contributed by atoms with Crippen molar-refractivity contribution in [2.45, 2.75) is 64.6 Å². The minimum absolute atomic E-state index is 0.00823. The Bertz CT molecular complexity index is 1470. The van der Waals surface area contributed by atoms with Crippen molar-refractivity contribution in [1.82, 2.24) is 10.2 Å². The number of anilines is 1. The molecule has 0 aliphatic carbocycles. The number of aryl methyl sites for hydroxylation is 2. The lowest BCUT2D eigenvalue weighted by Crippen LogP contribution is -2.54. The van der Waals surface area contributed by atoms with Crippen LogP contribution in [-0.2, 0) is 26.2 Å². The van der Waals surface area contributed by atoms with Gasteiger partial charge in [0.2, 0.25) is 11.8 Å². The predicted octanol–water partition coefficient (Wildman–Crippen LogP) is 5.62. The quantitative estimate of drug-likeness (QED) is 0.352. The van der Waals surface area contributed by atoms with Crippen LogP contribution in [0.1, 0.15) is 44.4 Å². The highest BCUT2D eigenvalue weighted by atomic mass is 35.5. The van der Waals surface area contributed by atoms with Crippen LogP contribution < -0.4 is 9.62 Å². The Balaban J connectivity index is 2.08. The van der Waals surface area contributed by atoms with E-state index < -0.39 is 45.8 Å². The Morgan fingerprint density at radius 3 is 2.15 bits per heavy atom. The molecule has 1 N–H and O–H groups in total. The van der Waals surface area contributed by atoms with E-state index in [1.54, 1.807) is 38.1 Å². The van der Waals surface area contributed by atoms with Crippen LogP contribution in [0, 0.1) is 19.7 Å². The highest BCUT2D eigenvalue weighted by Gasteiger charge is 2.34. The highest BCUT2D eigenvalue weighted by molar-refractivity contribution is 7.92. The smallest absolute Gasteiger partial charge is 0.264 e. The highest BCUT2D eigenvalue weighted by Crippen LogP contribution is 2.30. The number of nitrogens with zero attached hydrogens (tertiary/aromatic N) is 2. The molecular weight excluding hydrogens is 553 g/mol. The average molecular weight is 588 g/mol. The molecule has 0 aromatic heterocycles. The van der Waals surface area contributed by atoms with Crippen molar-refractivity contribution in [1.29, 1.82) is 0 Å². The first kappa shape index (κ1) is 31.1. The molecule has 0 saturated heterocycles. The molecule has 214 valence electrons. The van der Waals surface area contributed by atoms with Gasteiger partial charge in [0, 0.05) is 17.1 Å². The van der Waals surface area contributed by atoms with E-state index in [0.29, 0.717) is 16.1 Å². The number of nitrogens with one attached hydrogen (secondary N) is 1. The van der Waals surface area contributed by atoms with Crippen LogP contribution in [0.15, 0.2) is 71.6 Å². The van der Waals surface area contributed by atoms with E-state index >= 15 is 0 Å². The summed E-state index contributed by atoms with van der Waals surface area (Å²) in [7, 11) is -4.21. The van der Waals surface area contributed by atoms with E-state index in [1.165, 1.54) is 47.4 Å². The molecule has 1 atom stereocenters. The van der Waals surface area contributed by atoms with Gasteiger partial charge in [-0.05, 0) is 89.1 Å². The molecule has 0 bridgehead atoms. The van der Waals surface area contributed by atoms with Crippen molar-refractivity contribution < 1.29 is 22.4 Å². The van der Waals surface area contributed by atoms with E-state index in [-0.39, 0.29) is 17.1 Å². The van der Waals surface area contributed by atoms with Crippen molar-refractivity contribution in [3.05, 3.63) is 94.3 Å². The van der Waals surface area contributed by atoms with Gasteiger partial charge in [-0.2, -0.15) is 0 Å². The maximum Gasteiger partial charge on any atom is 0.264 e. The van der Waals surface area contributed by atoms with Gasteiger partial charge in [0.25, 0.3) is 10.0 Å². The molecule has 3 rings (SSSR count). The van der Waals surface area contributed by atoms with Gasteiger partial charge in [-0.3, -0.25) is 13.9 Å². The number of amides is 2. The van der Waals surface area contributed by atoms with Gasteiger partial charge in [-0.25, -0.2) is 12.8 Å². The van der Waals surface area contributed by atoms with E-state index in [2.05, 4.69) is 5.32 Å². The Kier molecular flexibility index (Phi) is 9.64. The summed E-state index contributed by atoms with van der Waals surface area (Å²) in [4.78, 5) is 28.4. The number of carbonyl (C=O) groups is 2. The fourth-order valence-corrected chi connectivity index (χ4v) is 5.68. The molecule has 0 unspecified atom stereocenters. The third-order valence-electron chi connectivity index (χ3n) is 6.26. The van der Waals surface area contributed by atoms with Crippen molar-refractivity contribution in [3.63, 3.8) is 0 Å². The summed E-state index contributed by atoms with van der Waals surface area (Å²) in [6.45, 7) is 9.98. The standard InChI is InChI=1S/C30H35ClFN3O4S/c1-20-7-15-26(16-8-20)40(38,39)35(27-17-24(31)12-9-21(27)2)19-28(36)34(18-23-10-13-25(32)14-11-23)22(3)29(37)33-30(4,5)6/h7-17,22H,18-19H2,1-6H3,(H,33,37)/t22-/m0/s1. The third kappa shape index (κ3) is 7.82. The fraction of sp³-hybridized carbons (Fsp3) is 0.333. The molecule has 10 heteroatoms. The molecule has 0 spiro atoms. The summed E-state index contributed by atoms with van der Waals surface area (Å²) in [6, 6.07) is 15.7. The number of benzene rings is 3. The van der Waals surface area contributed by atoms with Crippen LogP contribution in [0.3, 0.4) is 0 Å². The van der Waals surface area contributed by atoms with Crippen LogP contribution >= 0.6 is 11.6 Å². The lowest BCUT2D eigenvalue weighted by Gasteiger charge is -2.34. The van der Waals surface area contributed by atoms with E-state index in [1.807, 2.05) is 27.7 Å². The van der Waals surface area contributed by atoms with Gasteiger partial charge < -0.3 is 10.2 Å². The Morgan fingerprint density at radius 2 is 1.57 bits per heavy atom. The van der Waals surface area contributed by atoms with Gasteiger partial charge in [0.1, 0.15) is 18.4 Å². The maximum absolute atomic E-state index is 14.0. The summed E-state index contributed by atoms with van der Waals surface area (Å²) >= 11 is 6.25. The van der Waals surface area contributed by atoms with Crippen LogP contribution in [0.25, 0.3) is 0 Å². The lowest BCUT2D eigenvalue weighted by atomic mass is 10.1. The van der Waals surface area contributed by atoms with Gasteiger partial charge in [0.05, 0.1) is 10.6 Å². The molecule has 0 aliphatic rings. The molecule has 0 heterocycles. The van der Waals surface area contributed by atoms with Crippen LogP contribution in [0.5, 0.6) is 0 Å². The molecule has 2 amide bonds. The fourth-order valence-electron chi connectivity index (χ4n) is 4.05. The van der Waals surface area contributed by atoms with Crippen LogP contribution in [0.4, 0.5) is 10.1 Å². The zero-order valence-corrected chi connectivity index (χ0v) is 25.1. The molecule has 0 fully saturated rings. The molecule has 0 saturated carbocycles. The van der Waals surface area contributed by atoms with Gasteiger partial charge in [0.15, 0.2) is 0 Å². The molecular formula is C30H35ClFN3O4S. The first-order chi connectivity index (χ1) is 18.6. The monoisotopic (exact) mass is 587 g/mol. The molecule has 0 aliphatic heterocycles. The number of hydrogen-bond donors (Lipinski definition) is 1. The van der Waals surface area contributed by atoms with Crippen molar-refractivity contribution >= 4 is 39.1 Å². The number of rotatable bonds is 9. The molecule has 3 aromatic rings. The van der Waals surface area contributed by atoms with Crippen LogP contribution in [0.2, 0.25) is 5.02 Å². The van der Waals surface area contributed by atoms with E-state index in [4.69, 9.17) is 11.6 Å². The number of sulfonamides is 1. The summed E-state index contributed by atoms with van der Waals surface area (Å²) in [5, 5.41) is 3.17. The molecule has 3 aromatic carbocycles. The first-order valence-electron chi connectivity index (χ1n) is 12.8. The minimum Gasteiger partial charge on any atom is -0.350 e. The van der Waals surface area contributed by atoms with Gasteiger partial charge in [-0.15, -0.1) is 0 Å². The summed E-state index contributed by atoms with van der Waals surface area (Å²) < 4.78 is 42.5. The summed E-state index contributed by atoms with van der Waals surface area (Å²) in [5.74, 6) is -1.46. The Morgan fingerprint density at radius 1 is 0.975 bits per heavy atom.